The molecule has 7 nitrogen and oxygen atoms in total. The minimum atomic E-state index is -0.380. The molecule has 0 aliphatic heterocycles. The number of fused-ring (bicyclic) bond motifs is 1. The number of benzene rings is 1. The van der Waals surface area contributed by atoms with E-state index in [1.54, 1.807) is 25.6 Å². The van der Waals surface area contributed by atoms with Crippen LogP contribution in [0, 0.1) is 5.82 Å². The molecule has 0 radical (unpaired) electrons. The summed E-state index contributed by atoms with van der Waals surface area (Å²) in [6.45, 7) is 0. The summed E-state index contributed by atoms with van der Waals surface area (Å²) in [6, 6.07) is 7.20. The molecule has 2 unspecified atom stereocenters. The van der Waals surface area contributed by atoms with E-state index in [9.17, 15) is 4.39 Å². The van der Waals surface area contributed by atoms with Gasteiger partial charge in [0.15, 0.2) is 11.5 Å². The van der Waals surface area contributed by atoms with Crippen molar-refractivity contribution in [2.24, 2.45) is 0 Å². The molecule has 0 aliphatic carbocycles. The van der Waals surface area contributed by atoms with Crippen LogP contribution in [0.25, 0.3) is 22.4 Å². The summed E-state index contributed by atoms with van der Waals surface area (Å²) >= 11 is 2.28. The van der Waals surface area contributed by atoms with Crippen molar-refractivity contribution in [2.75, 3.05) is 17.7 Å². The molecule has 142 valence electrons. The van der Waals surface area contributed by atoms with Crippen LogP contribution in [0.1, 0.15) is 0 Å². The van der Waals surface area contributed by atoms with Gasteiger partial charge in [-0.05, 0) is 45.5 Å². The first-order valence-electron chi connectivity index (χ1n) is 8.17. The Bertz CT molecular complexity index is 1170. The van der Waals surface area contributed by atoms with Gasteiger partial charge in [0.2, 0.25) is 0 Å². The fourth-order valence-corrected chi connectivity index (χ4v) is 4.52. The zero-order chi connectivity index (χ0) is 19.7. The van der Waals surface area contributed by atoms with Crippen molar-refractivity contribution < 1.29 is 4.39 Å². The fraction of sp³-hybridized carbons (Fsp3) is 0.0588. The van der Waals surface area contributed by atoms with E-state index >= 15 is 0 Å². The Hall–Kier alpha value is -1.96. The van der Waals surface area contributed by atoms with Gasteiger partial charge in [0.1, 0.15) is 29.7 Å². The van der Waals surface area contributed by atoms with Gasteiger partial charge in [0.05, 0.1) is 17.7 Å². The van der Waals surface area contributed by atoms with Crippen molar-refractivity contribution in [1.29, 1.82) is 0 Å². The molecule has 4 aromatic rings. The molecule has 0 bridgehead atoms. The second kappa shape index (κ2) is 8.19. The number of hydrogen-bond donors (Lipinski definition) is 2. The van der Waals surface area contributed by atoms with Gasteiger partial charge in [0.25, 0.3) is 0 Å². The summed E-state index contributed by atoms with van der Waals surface area (Å²) in [4.78, 5) is 17.7. The molecule has 2 N–H and O–H groups in total. The maximum atomic E-state index is 14.8. The Morgan fingerprint density at radius 3 is 2.82 bits per heavy atom. The molecule has 1 aromatic carbocycles. The summed E-state index contributed by atoms with van der Waals surface area (Å²) < 4.78 is 16.8. The number of halogens is 2. The predicted octanol–water partition coefficient (Wildman–Crippen LogP) is 4.10. The Balaban J connectivity index is 1.85. The highest BCUT2D eigenvalue weighted by atomic mass is 127. The third kappa shape index (κ3) is 3.43. The second-order valence-electron chi connectivity index (χ2n) is 5.76. The monoisotopic (exact) mass is 525 g/mol. The summed E-state index contributed by atoms with van der Waals surface area (Å²) in [6.07, 6.45) is 5.38. The molecule has 0 saturated heterocycles. The molecule has 28 heavy (non-hydrogen) atoms. The molecule has 3 aromatic heterocycles. The maximum Gasteiger partial charge on any atom is 0.170 e. The van der Waals surface area contributed by atoms with Crippen LogP contribution in [-0.4, -0.2) is 31.3 Å². The topological polar surface area (TPSA) is 80.6 Å². The van der Waals surface area contributed by atoms with Crippen molar-refractivity contribution in [3.05, 3.63) is 48.9 Å². The lowest BCUT2D eigenvalue weighted by molar-refractivity contribution is 0.636. The number of aromatic nitrogens is 5. The lowest BCUT2D eigenvalue weighted by atomic mass is 10.1. The van der Waals surface area contributed by atoms with E-state index in [4.69, 9.17) is 0 Å². The average Bonchev–Trinajstić information content (AvgIpc) is 3.15. The Morgan fingerprint density at radius 2 is 2.04 bits per heavy atom. The van der Waals surface area contributed by atoms with Gasteiger partial charge in [-0.1, -0.05) is 6.07 Å². The van der Waals surface area contributed by atoms with E-state index in [-0.39, 0.29) is 5.82 Å². The summed E-state index contributed by atoms with van der Waals surface area (Å²) in [5, 5.41) is 6.67. The van der Waals surface area contributed by atoms with E-state index in [0.29, 0.717) is 40.1 Å². The molecule has 0 saturated carbocycles. The van der Waals surface area contributed by atoms with Crippen LogP contribution in [0.4, 0.5) is 21.6 Å². The van der Waals surface area contributed by atoms with E-state index in [1.165, 1.54) is 6.33 Å². The van der Waals surface area contributed by atoms with Gasteiger partial charge < -0.3 is 10.6 Å². The molecular formula is C17H15FIN7P2. The number of anilines is 3. The van der Waals surface area contributed by atoms with Gasteiger partial charge in [-0.2, -0.15) is 0 Å². The number of rotatable bonds is 5. The van der Waals surface area contributed by atoms with Crippen LogP contribution in [0.3, 0.4) is 0 Å². The second-order valence-corrected chi connectivity index (χ2v) is 8.48. The standard InChI is InChI=1S/C17H15FIN7P2/c1-20-10-4-5-11(27)14(12(10)18)25-16-9(3-2-6-21-16)13-15-17(23-7-22-13)26(28-19)8-24-15/h2-8,20,28H,27H2,1H3,(H,21,25). The summed E-state index contributed by atoms with van der Waals surface area (Å²) in [5.41, 5.74) is 3.53. The maximum absolute atomic E-state index is 14.8. The number of hydrogen-bond acceptors (Lipinski definition) is 6. The Morgan fingerprint density at radius 1 is 1.18 bits per heavy atom. The summed E-state index contributed by atoms with van der Waals surface area (Å²) in [7, 11) is 4.22. The molecule has 0 spiro atoms. The molecular weight excluding hydrogens is 510 g/mol. The largest absolute Gasteiger partial charge is 0.386 e. The molecule has 3 heterocycles. The zero-order valence-corrected chi connectivity index (χ0v) is 18.9. The number of nitrogens with zero attached hydrogens (tertiary/aromatic N) is 5. The zero-order valence-electron chi connectivity index (χ0n) is 14.6. The van der Waals surface area contributed by atoms with E-state index < -0.39 is 0 Å². The quantitative estimate of drug-likeness (QED) is 0.302. The minimum absolute atomic E-state index is 0.335. The lowest BCUT2D eigenvalue weighted by Gasteiger charge is -2.15. The first-order valence-corrected chi connectivity index (χ1v) is 12.8. The molecule has 0 aliphatic rings. The predicted molar refractivity (Wildman–Crippen MR) is 125 cm³/mol. The third-order valence-electron chi connectivity index (χ3n) is 4.17. The van der Waals surface area contributed by atoms with Crippen molar-refractivity contribution in [3.8, 4) is 11.3 Å². The van der Waals surface area contributed by atoms with Crippen molar-refractivity contribution >= 4 is 71.3 Å². The Labute approximate surface area is 177 Å². The number of imidazole rings is 1. The highest BCUT2D eigenvalue weighted by Crippen LogP contribution is 2.34. The normalized spacial score (nSPS) is 11.4. The van der Waals surface area contributed by atoms with E-state index in [2.05, 4.69) is 61.9 Å². The molecule has 2 atom stereocenters. The van der Waals surface area contributed by atoms with E-state index in [1.807, 2.05) is 22.5 Å². The number of pyridine rings is 1. The molecule has 11 heteroatoms. The lowest BCUT2D eigenvalue weighted by Crippen LogP contribution is -2.09. The first kappa shape index (κ1) is 19.4. The van der Waals surface area contributed by atoms with E-state index in [0.717, 1.165) is 11.2 Å². The minimum Gasteiger partial charge on any atom is -0.386 e. The van der Waals surface area contributed by atoms with Crippen LogP contribution in [-0.2, 0) is 0 Å². The smallest absolute Gasteiger partial charge is 0.170 e. The fourth-order valence-electron chi connectivity index (χ4n) is 2.82. The van der Waals surface area contributed by atoms with Gasteiger partial charge >= 0.3 is 0 Å². The third-order valence-corrected chi connectivity index (χ3v) is 6.72. The van der Waals surface area contributed by atoms with Gasteiger partial charge in [-0.15, -0.1) is 9.24 Å². The molecule has 4 rings (SSSR count). The van der Waals surface area contributed by atoms with Crippen LogP contribution in [0.5, 0.6) is 0 Å². The average molecular weight is 525 g/mol. The van der Waals surface area contributed by atoms with Crippen molar-refractivity contribution in [3.63, 3.8) is 0 Å². The molecule has 0 fully saturated rings. The highest BCUT2D eigenvalue weighted by molar-refractivity contribution is 14.2. The summed E-state index contributed by atoms with van der Waals surface area (Å²) in [5.74, 6) is 0.111. The number of nitrogens with one attached hydrogen (secondary N) is 2. The molecule has 0 amide bonds. The van der Waals surface area contributed by atoms with Crippen LogP contribution >= 0.6 is 37.7 Å². The van der Waals surface area contributed by atoms with Crippen molar-refractivity contribution in [1.82, 2.24) is 24.3 Å². The van der Waals surface area contributed by atoms with Gasteiger partial charge in [0, 0.05) is 18.8 Å². The first-order chi connectivity index (χ1) is 13.6. The van der Waals surface area contributed by atoms with Gasteiger partial charge in [-0.25, -0.2) is 24.3 Å². The highest BCUT2D eigenvalue weighted by Gasteiger charge is 2.18. The van der Waals surface area contributed by atoms with Crippen molar-refractivity contribution in [2.45, 2.75) is 0 Å². The SMILES string of the molecule is CNc1ccc(P)c(Nc2ncccc2-c2ncnc3c2ncn3PI)c1F. The Kier molecular flexibility index (Phi) is 5.66. The van der Waals surface area contributed by atoms with Gasteiger partial charge in [-0.3, -0.25) is 4.34 Å². The van der Waals surface area contributed by atoms with Crippen LogP contribution in [0.2, 0.25) is 0 Å². The van der Waals surface area contributed by atoms with Crippen LogP contribution < -0.4 is 15.9 Å². The van der Waals surface area contributed by atoms with Crippen LogP contribution in [0.15, 0.2) is 43.1 Å².